The van der Waals surface area contributed by atoms with Crippen molar-refractivity contribution in [3.63, 3.8) is 0 Å². The fraction of sp³-hybridized carbons (Fsp3) is 0.684. The van der Waals surface area contributed by atoms with E-state index in [4.69, 9.17) is 23.2 Å². The van der Waals surface area contributed by atoms with Crippen molar-refractivity contribution in [2.24, 2.45) is 0 Å². The van der Waals surface area contributed by atoms with E-state index in [-0.39, 0.29) is 0 Å². The lowest BCUT2D eigenvalue weighted by Crippen LogP contribution is -2.28. The van der Waals surface area contributed by atoms with Crippen LogP contribution < -0.4 is 5.32 Å². The fourth-order valence-corrected chi connectivity index (χ4v) is 2.95. The van der Waals surface area contributed by atoms with Gasteiger partial charge in [0.05, 0.1) is 10.0 Å². The van der Waals surface area contributed by atoms with E-state index in [2.05, 4.69) is 24.1 Å². The summed E-state index contributed by atoms with van der Waals surface area (Å²) in [4.78, 5) is 2.63. The Kier molecular flexibility index (Phi) is 11.6. The Morgan fingerprint density at radius 1 is 0.826 bits per heavy atom. The lowest BCUT2D eigenvalue weighted by molar-refractivity contribution is 0.261. The van der Waals surface area contributed by atoms with Gasteiger partial charge in [-0.1, -0.05) is 62.7 Å². The first-order valence-electron chi connectivity index (χ1n) is 9.08. The van der Waals surface area contributed by atoms with Gasteiger partial charge >= 0.3 is 0 Å². The first-order valence-corrected chi connectivity index (χ1v) is 9.84. The predicted octanol–water partition coefficient (Wildman–Crippen LogP) is 6.48. The van der Waals surface area contributed by atoms with Gasteiger partial charge in [0.15, 0.2) is 0 Å². The molecule has 0 radical (unpaired) electrons. The molecule has 0 bridgehead atoms. The van der Waals surface area contributed by atoms with Gasteiger partial charge in [-0.2, -0.15) is 0 Å². The zero-order valence-corrected chi connectivity index (χ0v) is 16.2. The second-order valence-electron chi connectivity index (χ2n) is 6.17. The Balaban J connectivity index is 2.27. The number of anilines is 1. The first kappa shape index (κ1) is 20.6. The molecule has 0 heterocycles. The summed E-state index contributed by atoms with van der Waals surface area (Å²) in [6.07, 6.45) is 9.06. The van der Waals surface area contributed by atoms with Crippen LogP contribution in [0.5, 0.6) is 0 Å². The molecule has 0 aliphatic heterocycles. The quantitative estimate of drug-likeness (QED) is 0.406. The Morgan fingerprint density at radius 2 is 1.43 bits per heavy atom. The zero-order chi connectivity index (χ0) is 16.9. The van der Waals surface area contributed by atoms with E-state index in [1.165, 1.54) is 58.2 Å². The van der Waals surface area contributed by atoms with Crippen molar-refractivity contribution in [1.82, 2.24) is 4.90 Å². The molecule has 4 heteroatoms. The average molecular weight is 359 g/mol. The van der Waals surface area contributed by atoms with Gasteiger partial charge in [-0.3, -0.25) is 0 Å². The van der Waals surface area contributed by atoms with Crippen molar-refractivity contribution in [3.05, 3.63) is 28.2 Å². The highest BCUT2D eigenvalue weighted by molar-refractivity contribution is 6.42. The largest absolute Gasteiger partial charge is 0.385 e. The molecule has 23 heavy (non-hydrogen) atoms. The van der Waals surface area contributed by atoms with E-state index in [1.54, 1.807) is 0 Å². The zero-order valence-electron chi connectivity index (χ0n) is 14.7. The van der Waals surface area contributed by atoms with Gasteiger partial charge in [0.25, 0.3) is 0 Å². The molecule has 0 saturated carbocycles. The molecule has 0 aliphatic rings. The van der Waals surface area contributed by atoms with Crippen LogP contribution in [0.15, 0.2) is 18.2 Å². The maximum absolute atomic E-state index is 6.04. The summed E-state index contributed by atoms with van der Waals surface area (Å²) in [5, 5.41) is 4.65. The van der Waals surface area contributed by atoms with Crippen molar-refractivity contribution >= 4 is 28.9 Å². The molecule has 0 aromatic heterocycles. The number of nitrogens with one attached hydrogen (secondary N) is 1. The molecule has 0 unspecified atom stereocenters. The third kappa shape index (κ3) is 9.44. The van der Waals surface area contributed by atoms with E-state index in [0.717, 1.165) is 18.7 Å². The van der Waals surface area contributed by atoms with Gasteiger partial charge in [-0.05, 0) is 57.1 Å². The summed E-state index contributed by atoms with van der Waals surface area (Å²) in [6, 6.07) is 5.71. The third-order valence-corrected chi connectivity index (χ3v) is 4.79. The second kappa shape index (κ2) is 12.9. The predicted molar refractivity (Wildman–Crippen MR) is 105 cm³/mol. The molecule has 0 saturated heterocycles. The van der Waals surface area contributed by atoms with Crippen LogP contribution in [0.2, 0.25) is 10.0 Å². The van der Waals surface area contributed by atoms with Gasteiger partial charge in [0.2, 0.25) is 0 Å². The van der Waals surface area contributed by atoms with E-state index >= 15 is 0 Å². The summed E-state index contributed by atoms with van der Waals surface area (Å²) in [5.74, 6) is 0. The molecule has 0 spiro atoms. The van der Waals surface area contributed by atoms with E-state index < -0.39 is 0 Å². The molecular formula is C19H32Cl2N2. The summed E-state index contributed by atoms with van der Waals surface area (Å²) in [5.41, 5.74) is 1.04. The Labute approximate surface area is 152 Å². The lowest BCUT2D eigenvalue weighted by atomic mass is 10.2. The molecule has 0 atom stereocenters. The normalized spacial score (nSPS) is 11.2. The van der Waals surface area contributed by atoms with Crippen LogP contribution in [-0.4, -0.2) is 31.1 Å². The van der Waals surface area contributed by atoms with E-state index in [0.29, 0.717) is 10.0 Å². The fourth-order valence-electron chi connectivity index (χ4n) is 2.65. The maximum Gasteiger partial charge on any atom is 0.0612 e. The van der Waals surface area contributed by atoms with Crippen LogP contribution in [0.1, 0.15) is 58.8 Å². The number of rotatable bonds is 13. The topological polar surface area (TPSA) is 15.3 Å². The highest BCUT2D eigenvalue weighted by atomic mass is 35.5. The minimum Gasteiger partial charge on any atom is -0.385 e. The van der Waals surface area contributed by atoms with Gasteiger partial charge < -0.3 is 10.2 Å². The van der Waals surface area contributed by atoms with Crippen LogP contribution in [-0.2, 0) is 0 Å². The Morgan fingerprint density at radius 3 is 2.00 bits per heavy atom. The molecule has 1 rings (SSSR count). The number of halogens is 2. The molecule has 1 aromatic carbocycles. The Bertz CT molecular complexity index is 414. The van der Waals surface area contributed by atoms with Crippen molar-refractivity contribution in [1.29, 1.82) is 0 Å². The first-order chi connectivity index (χ1) is 11.2. The molecule has 132 valence electrons. The standard InChI is InChI=1S/C19H32Cl2N2/c1-3-5-7-13-23(14-8-6-4-2)15-9-12-22-17-10-11-18(20)19(21)16-17/h10-11,16,22H,3-9,12-15H2,1-2H3. The number of hydrogen-bond acceptors (Lipinski definition) is 2. The number of hydrogen-bond donors (Lipinski definition) is 1. The average Bonchev–Trinajstić information content (AvgIpc) is 2.54. The van der Waals surface area contributed by atoms with Crippen LogP contribution in [0.25, 0.3) is 0 Å². The summed E-state index contributed by atoms with van der Waals surface area (Å²) in [7, 11) is 0. The lowest BCUT2D eigenvalue weighted by Gasteiger charge is -2.22. The third-order valence-electron chi connectivity index (χ3n) is 4.06. The SMILES string of the molecule is CCCCCN(CCCCC)CCCNc1ccc(Cl)c(Cl)c1. The van der Waals surface area contributed by atoms with Crippen LogP contribution in [0.3, 0.4) is 0 Å². The second-order valence-corrected chi connectivity index (χ2v) is 6.98. The molecule has 0 aliphatic carbocycles. The van der Waals surface area contributed by atoms with Gasteiger partial charge in [0, 0.05) is 12.2 Å². The molecule has 1 aromatic rings. The molecule has 1 N–H and O–H groups in total. The van der Waals surface area contributed by atoms with E-state index in [1.807, 2.05) is 18.2 Å². The summed E-state index contributed by atoms with van der Waals surface area (Å²) in [6.45, 7) is 9.15. The monoisotopic (exact) mass is 358 g/mol. The number of unbranched alkanes of at least 4 members (excludes halogenated alkanes) is 4. The van der Waals surface area contributed by atoms with Gasteiger partial charge in [-0.25, -0.2) is 0 Å². The van der Waals surface area contributed by atoms with Crippen molar-refractivity contribution in [2.45, 2.75) is 58.8 Å². The highest BCUT2D eigenvalue weighted by Gasteiger charge is 2.04. The maximum atomic E-state index is 6.04. The van der Waals surface area contributed by atoms with Gasteiger partial charge in [0.1, 0.15) is 0 Å². The van der Waals surface area contributed by atoms with Crippen molar-refractivity contribution in [3.8, 4) is 0 Å². The van der Waals surface area contributed by atoms with Crippen LogP contribution in [0, 0.1) is 0 Å². The summed E-state index contributed by atoms with van der Waals surface area (Å²) >= 11 is 12.0. The van der Waals surface area contributed by atoms with Crippen LogP contribution >= 0.6 is 23.2 Å². The summed E-state index contributed by atoms with van der Waals surface area (Å²) < 4.78 is 0. The smallest absolute Gasteiger partial charge is 0.0612 e. The van der Waals surface area contributed by atoms with E-state index in [9.17, 15) is 0 Å². The van der Waals surface area contributed by atoms with Crippen LogP contribution in [0.4, 0.5) is 5.69 Å². The minimum absolute atomic E-state index is 0.607. The number of benzene rings is 1. The van der Waals surface area contributed by atoms with Gasteiger partial charge in [-0.15, -0.1) is 0 Å². The minimum atomic E-state index is 0.607. The Hall–Kier alpha value is -0.440. The molecular weight excluding hydrogens is 327 g/mol. The molecule has 2 nitrogen and oxygen atoms in total. The number of nitrogens with zero attached hydrogens (tertiary/aromatic N) is 1. The van der Waals surface area contributed by atoms with Crippen molar-refractivity contribution < 1.29 is 0 Å². The molecule has 0 amide bonds. The highest BCUT2D eigenvalue weighted by Crippen LogP contribution is 2.24. The van der Waals surface area contributed by atoms with Crippen molar-refractivity contribution in [2.75, 3.05) is 31.5 Å². The molecule has 0 fully saturated rings.